The minimum absolute atomic E-state index is 0.0407. The number of carbonyl (C=O) groups excluding carboxylic acids is 1. The van der Waals surface area contributed by atoms with Crippen LogP contribution >= 0.6 is 0 Å². The zero-order valence-electron chi connectivity index (χ0n) is 15.9. The Hall–Kier alpha value is -3.85. The molecule has 0 aromatic heterocycles. The number of alkyl carbamates (subject to hydrolysis) is 1. The van der Waals surface area contributed by atoms with Crippen LogP contribution in [0.1, 0.15) is 22.6 Å². The molecule has 4 nitrogen and oxygen atoms in total. The Balaban J connectivity index is 1.36. The van der Waals surface area contributed by atoms with Crippen molar-refractivity contribution in [2.45, 2.75) is 5.92 Å². The number of rotatable bonds is 3. The molecule has 0 radical (unpaired) electrons. The van der Waals surface area contributed by atoms with Crippen LogP contribution in [0.25, 0.3) is 11.1 Å². The maximum absolute atomic E-state index is 13.7. The highest BCUT2D eigenvalue weighted by Gasteiger charge is 2.28. The predicted octanol–water partition coefficient (Wildman–Crippen LogP) is 4.44. The van der Waals surface area contributed by atoms with Gasteiger partial charge < -0.3 is 15.8 Å². The first-order chi connectivity index (χ1) is 14.6. The number of amides is 1. The summed E-state index contributed by atoms with van der Waals surface area (Å²) in [6.45, 7) is 0.118. The molecule has 3 aromatic carbocycles. The number of anilines is 1. The Bertz CT molecular complexity index is 1140. The third-order valence-corrected chi connectivity index (χ3v) is 5.00. The van der Waals surface area contributed by atoms with Crippen LogP contribution in [0, 0.1) is 23.5 Å². The van der Waals surface area contributed by atoms with Gasteiger partial charge in [0.25, 0.3) is 0 Å². The Morgan fingerprint density at radius 3 is 2.27 bits per heavy atom. The number of benzene rings is 3. The van der Waals surface area contributed by atoms with Crippen molar-refractivity contribution in [3.8, 4) is 23.0 Å². The van der Waals surface area contributed by atoms with Gasteiger partial charge in [0.2, 0.25) is 0 Å². The lowest BCUT2D eigenvalue weighted by Gasteiger charge is -2.14. The van der Waals surface area contributed by atoms with Crippen LogP contribution < -0.4 is 11.1 Å². The summed E-state index contributed by atoms with van der Waals surface area (Å²) < 4.78 is 32.5. The normalized spacial score (nSPS) is 11.8. The molecule has 30 heavy (non-hydrogen) atoms. The average Bonchev–Trinajstić information content (AvgIpc) is 3.09. The lowest BCUT2D eigenvalue weighted by atomic mass is 9.98. The fourth-order valence-corrected chi connectivity index (χ4v) is 3.57. The molecule has 3 N–H and O–H groups in total. The van der Waals surface area contributed by atoms with Gasteiger partial charge in [0.15, 0.2) is 11.6 Å². The van der Waals surface area contributed by atoms with Crippen molar-refractivity contribution in [3.05, 3.63) is 89.0 Å². The molecule has 0 unspecified atom stereocenters. The molecule has 0 aliphatic heterocycles. The predicted molar refractivity (Wildman–Crippen MR) is 111 cm³/mol. The van der Waals surface area contributed by atoms with Crippen LogP contribution in [0.3, 0.4) is 0 Å². The van der Waals surface area contributed by atoms with Gasteiger partial charge in [-0.25, -0.2) is 13.6 Å². The molecular weight excluding hydrogens is 386 g/mol. The van der Waals surface area contributed by atoms with E-state index in [0.717, 1.165) is 22.3 Å². The highest BCUT2D eigenvalue weighted by atomic mass is 19.2. The second kappa shape index (κ2) is 8.26. The molecule has 3 aromatic rings. The molecule has 1 amide bonds. The van der Waals surface area contributed by atoms with E-state index in [1.54, 1.807) is 0 Å². The average molecular weight is 404 g/mol. The number of nitrogens with two attached hydrogens (primary N) is 1. The van der Waals surface area contributed by atoms with Crippen molar-refractivity contribution in [2.24, 2.45) is 0 Å². The van der Waals surface area contributed by atoms with E-state index >= 15 is 0 Å². The lowest BCUT2D eigenvalue weighted by Crippen LogP contribution is -2.26. The second-order valence-electron chi connectivity index (χ2n) is 6.81. The first-order valence-corrected chi connectivity index (χ1v) is 9.37. The van der Waals surface area contributed by atoms with Gasteiger partial charge in [0.05, 0.1) is 17.8 Å². The van der Waals surface area contributed by atoms with E-state index in [1.807, 2.05) is 36.4 Å². The molecule has 0 heterocycles. The summed E-state index contributed by atoms with van der Waals surface area (Å²) >= 11 is 0. The quantitative estimate of drug-likeness (QED) is 0.501. The van der Waals surface area contributed by atoms with Crippen LogP contribution in [0.4, 0.5) is 19.3 Å². The van der Waals surface area contributed by atoms with E-state index in [9.17, 15) is 13.6 Å². The summed E-state index contributed by atoms with van der Waals surface area (Å²) in [5, 5.41) is 2.49. The molecular formula is C24H18F2N2O2. The van der Waals surface area contributed by atoms with Gasteiger partial charge in [0, 0.05) is 5.92 Å². The molecule has 6 heteroatoms. The van der Waals surface area contributed by atoms with Gasteiger partial charge in [-0.3, -0.25) is 0 Å². The van der Waals surface area contributed by atoms with Gasteiger partial charge >= 0.3 is 6.09 Å². The standard InChI is InChI=1S/C24H18F2N2O2/c25-22-15(11-12-21(27)23(22)26)6-5-13-28-24(29)30-14-20-18-9-3-1-7-16(18)17-8-2-4-10-19(17)20/h1-4,7-12,20H,13-14,27H2,(H,28,29). The molecule has 0 bridgehead atoms. The Labute approximate surface area is 172 Å². The maximum atomic E-state index is 13.7. The first kappa shape index (κ1) is 19.5. The van der Waals surface area contributed by atoms with E-state index in [0.29, 0.717) is 0 Å². The topological polar surface area (TPSA) is 64.3 Å². The lowest BCUT2D eigenvalue weighted by molar-refractivity contribution is 0.144. The van der Waals surface area contributed by atoms with Crippen molar-refractivity contribution < 1.29 is 18.3 Å². The van der Waals surface area contributed by atoms with E-state index in [-0.39, 0.29) is 30.3 Å². The van der Waals surface area contributed by atoms with Gasteiger partial charge in [-0.15, -0.1) is 0 Å². The third kappa shape index (κ3) is 3.70. The monoisotopic (exact) mass is 404 g/mol. The molecule has 0 atom stereocenters. The summed E-state index contributed by atoms with van der Waals surface area (Å²) in [7, 11) is 0. The highest BCUT2D eigenvalue weighted by Crippen LogP contribution is 2.44. The van der Waals surface area contributed by atoms with Crippen molar-refractivity contribution in [2.75, 3.05) is 18.9 Å². The number of nitrogen functional groups attached to an aromatic ring is 1. The Kier molecular flexibility index (Phi) is 5.36. The number of fused-ring (bicyclic) bond motifs is 3. The zero-order chi connectivity index (χ0) is 21.1. The summed E-state index contributed by atoms with van der Waals surface area (Å²) in [4.78, 5) is 12.0. The maximum Gasteiger partial charge on any atom is 0.407 e. The van der Waals surface area contributed by atoms with Crippen LogP contribution in [-0.2, 0) is 4.74 Å². The smallest absolute Gasteiger partial charge is 0.407 e. The Morgan fingerprint density at radius 2 is 1.60 bits per heavy atom. The fourth-order valence-electron chi connectivity index (χ4n) is 3.57. The number of hydrogen-bond donors (Lipinski definition) is 2. The van der Waals surface area contributed by atoms with Crippen molar-refractivity contribution in [1.29, 1.82) is 0 Å². The van der Waals surface area contributed by atoms with Crippen LogP contribution in [0.2, 0.25) is 0 Å². The summed E-state index contributed by atoms with van der Waals surface area (Å²) in [5.41, 5.74) is 9.40. The number of nitrogens with one attached hydrogen (secondary N) is 1. The largest absolute Gasteiger partial charge is 0.449 e. The molecule has 1 aliphatic carbocycles. The molecule has 0 spiro atoms. The SMILES string of the molecule is Nc1ccc(C#CCNC(=O)OCC2c3ccccc3-c3ccccc32)c(F)c1F. The van der Waals surface area contributed by atoms with Gasteiger partial charge in [-0.1, -0.05) is 60.4 Å². The third-order valence-electron chi connectivity index (χ3n) is 5.00. The van der Waals surface area contributed by atoms with E-state index in [2.05, 4.69) is 29.3 Å². The van der Waals surface area contributed by atoms with Gasteiger partial charge in [-0.2, -0.15) is 0 Å². The summed E-state index contributed by atoms with van der Waals surface area (Å²) in [6.07, 6.45) is -0.630. The van der Waals surface area contributed by atoms with E-state index < -0.39 is 17.7 Å². The molecule has 0 saturated heterocycles. The molecule has 150 valence electrons. The van der Waals surface area contributed by atoms with Gasteiger partial charge in [-0.05, 0) is 34.4 Å². The number of ether oxygens (including phenoxy) is 1. The Morgan fingerprint density at radius 1 is 0.967 bits per heavy atom. The van der Waals surface area contributed by atoms with E-state index in [4.69, 9.17) is 10.5 Å². The first-order valence-electron chi connectivity index (χ1n) is 9.37. The number of halogens is 2. The number of hydrogen-bond acceptors (Lipinski definition) is 3. The molecule has 0 saturated carbocycles. The minimum Gasteiger partial charge on any atom is -0.449 e. The zero-order valence-corrected chi connectivity index (χ0v) is 15.9. The second-order valence-corrected chi connectivity index (χ2v) is 6.81. The summed E-state index contributed by atoms with van der Waals surface area (Å²) in [6, 6.07) is 18.6. The molecule has 1 aliphatic rings. The van der Waals surface area contributed by atoms with Crippen molar-refractivity contribution >= 4 is 11.8 Å². The minimum atomic E-state index is -1.13. The van der Waals surface area contributed by atoms with Crippen molar-refractivity contribution in [1.82, 2.24) is 5.32 Å². The van der Waals surface area contributed by atoms with E-state index in [1.165, 1.54) is 12.1 Å². The van der Waals surface area contributed by atoms with Crippen LogP contribution in [0.5, 0.6) is 0 Å². The fraction of sp³-hybridized carbons (Fsp3) is 0.125. The molecule has 4 rings (SSSR count). The molecule has 0 fully saturated rings. The number of carbonyl (C=O) groups is 1. The highest BCUT2D eigenvalue weighted by molar-refractivity contribution is 5.79. The summed E-state index contributed by atoms with van der Waals surface area (Å²) in [5.74, 6) is 2.76. The van der Waals surface area contributed by atoms with Crippen molar-refractivity contribution in [3.63, 3.8) is 0 Å². The van der Waals surface area contributed by atoms with Crippen LogP contribution in [0.15, 0.2) is 60.7 Å². The van der Waals surface area contributed by atoms with Crippen LogP contribution in [-0.4, -0.2) is 19.2 Å². The van der Waals surface area contributed by atoms with Gasteiger partial charge in [0.1, 0.15) is 6.61 Å².